The Morgan fingerprint density at radius 1 is 1.41 bits per heavy atom. The molecule has 0 radical (unpaired) electrons. The van der Waals surface area contributed by atoms with E-state index in [1.54, 1.807) is 11.8 Å². The number of aromatic nitrogens is 2. The number of halogens is 1. The predicted molar refractivity (Wildman–Crippen MR) is 75.8 cm³/mol. The third-order valence-electron chi connectivity index (χ3n) is 1.99. The fraction of sp³-hybridized carbons (Fsp3) is 0.636. The molecule has 0 bridgehead atoms. The van der Waals surface area contributed by atoms with E-state index in [1.165, 1.54) is 0 Å². The first-order valence-corrected chi connectivity index (χ1v) is 7.10. The number of thioether (sulfide) groups is 1. The van der Waals surface area contributed by atoms with Gasteiger partial charge in [0.1, 0.15) is 5.69 Å². The highest BCUT2D eigenvalue weighted by Crippen LogP contribution is 2.27. The van der Waals surface area contributed by atoms with Crippen molar-refractivity contribution in [1.29, 1.82) is 0 Å². The Morgan fingerprint density at radius 3 is 2.71 bits per heavy atom. The maximum Gasteiger partial charge on any atom is 0.191 e. The quantitative estimate of drug-likeness (QED) is 0.473. The molecule has 0 unspecified atom stereocenters. The minimum atomic E-state index is 0.324. The van der Waals surface area contributed by atoms with Crippen LogP contribution in [0.3, 0.4) is 0 Å². The van der Waals surface area contributed by atoms with E-state index in [0.717, 1.165) is 18.7 Å². The lowest BCUT2D eigenvalue weighted by Gasteiger charge is -2.12. The molecule has 0 saturated heterocycles. The van der Waals surface area contributed by atoms with E-state index in [4.69, 9.17) is 17.3 Å². The van der Waals surface area contributed by atoms with Gasteiger partial charge in [-0.1, -0.05) is 44.1 Å². The molecule has 96 valence electrons. The summed E-state index contributed by atoms with van der Waals surface area (Å²) in [5.41, 5.74) is 6.26. The van der Waals surface area contributed by atoms with Crippen LogP contribution >= 0.6 is 23.4 Å². The lowest BCUT2D eigenvalue weighted by molar-refractivity contribution is 0.686. The number of hydrogen-bond acceptors (Lipinski definition) is 5. The lowest BCUT2D eigenvalue weighted by atomic mass is 10.2. The van der Waals surface area contributed by atoms with E-state index in [2.05, 4.69) is 36.1 Å². The van der Waals surface area contributed by atoms with Crippen LogP contribution in [0.2, 0.25) is 5.15 Å². The molecule has 0 aliphatic carbocycles. The average molecular weight is 275 g/mol. The highest BCUT2D eigenvalue weighted by Gasteiger charge is 2.10. The second-order valence-electron chi connectivity index (χ2n) is 4.18. The summed E-state index contributed by atoms with van der Waals surface area (Å²) in [6.45, 7) is 7.18. The molecular weight excluding hydrogens is 256 g/mol. The summed E-state index contributed by atoms with van der Waals surface area (Å²) in [6.07, 6.45) is 1.07. The minimum absolute atomic E-state index is 0.324. The first-order valence-electron chi connectivity index (χ1n) is 5.74. The van der Waals surface area contributed by atoms with Crippen LogP contribution in [0, 0.1) is 5.92 Å². The zero-order valence-corrected chi connectivity index (χ0v) is 12.0. The van der Waals surface area contributed by atoms with Gasteiger partial charge in [0, 0.05) is 12.3 Å². The van der Waals surface area contributed by atoms with Gasteiger partial charge in [0.05, 0.1) is 0 Å². The molecule has 4 nitrogen and oxygen atoms in total. The molecule has 0 amide bonds. The predicted octanol–water partition coefficient (Wildman–Crippen LogP) is 3.28. The summed E-state index contributed by atoms with van der Waals surface area (Å²) >= 11 is 7.57. The molecule has 1 rings (SSSR count). The van der Waals surface area contributed by atoms with Crippen LogP contribution in [-0.4, -0.2) is 22.3 Å². The van der Waals surface area contributed by atoms with E-state index in [-0.39, 0.29) is 0 Å². The van der Waals surface area contributed by atoms with Gasteiger partial charge in [-0.2, -0.15) is 0 Å². The van der Waals surface area contributed by atoms with Gasteiger partial charge in [0.15, 0.2) is 16.1 Å². The largest absolute Gasteiger partial charge is 0.393 e. The first-order chi connectivity index (χ1) is 8.04. The van der Waals surface area contributed by atoms with E-state index >= 15 is 0 Å². The van der Waals surface area contributed by atoms with E-state index in [1.807, 2.05) is 0 Å². The van der Waals surface area contributed by atoms with Gasteiger partial charge < -0.3 is 11.1 Å². The van der Waals surface area contributed by atoms with Crippen LogP contribution in [0.4, 0.5) is 11.5 Å². The number of nitrogens with two attached hydrogens (primary N) is 1. The summed E-state index contributed by atoms with van der Waals surface area (Å²) in [5.74, 6) is 2.14. The second kappa shape index (κ2) is 6.91. The SMILES string of the molecule is CCCSc1nc(Cl)c(N)c(NCC(C)C)n1. The summed E-state index contributed by atoms with van der Waals surface area (Å²) in [4.78, 5) is 8.52. The van der Waals surface area contributed by atoms with Crippen molar-refractivity contribution in [2.75, 3.05) is 23.3 Å². The maximum absolute atomic E-state index is 5.98. The van der Waals surface area contributed by atoms with E-state index < -0.39 is 0 Å². The molecule has 0 fully saturated rings. The molecule has 3 N–H and O–H groups in total. The van der Waals surface area contributed by atoms with Crippen molar-refractivity contribution >= 4 is 34.9 Å². The number of nitrogens with one attached hydrogen (secondary N) is 1. The Hall–Kier alpha value is -0.680. The van der Waals surface area contributed by atoms with Crippen LogP contribution in [0.25, 0.3) is 0 Å². The number of nitrogen functional groups attached to an aromatic ring is 1. The second-order valence-corrected chi connectivity index (χ2v) is 5.60. The van der Waals surface area contributed by atoms with Crippen LogP contribution in [-0.2, 0) is 0 Å². The molecule has 0 aliphatic rings. The van der Waals surface area contributed by atoms with Crippen molar-refractivity contribution in [3.05, 3.63) is 5.15 Å². The van der Waals surface area contributed by atoms with Crippen LogP contribution in [0.5, 0.6) is 0 Å². The number of anilines is 2. The van der Waals surface area contributed by atoms with Gasteiger partial charge in [0.2, 0.25) is 0 Å². The molecule has 0 atom stereocenters. The molecule has 17 heavy (non-hydrogen) atoms. The van der Waals surface area contributed by atoms with Crippen molar-refractivity contribution in [3.8, 4) is 0 Å². The maximum atomic E-state index is 5.98. The monoisotopic (exact) mass is 274 g/mol. The lowest BCUT2D eigenvalue weighted by Crippen LogP contribution is -2.12. The summed E-state index contributed by atoms with van der Waals surface area (Å²) < 4.78 is 0. The highest BCUT2D eigenvalue weighted by atomic mass is 35.5. The summed E-state index contributed by atoms with van der Waals surface area (Å²) in [6, 6.07) is 0. The minimum Gasteiger partial charge on any atom is -0.393 e. The normalized spacial score (nSPS) is 10.9. The standard InChI is InChI=1S/C11H19ClN4S/c1-4-5-17-11-15-9(12)8(13)10(16-11)14-6-7(2)3/h7H,4-6,13H2,1-3H3,(H,14,15,16). The van der Waals surface area contributed by atoms with Gasteiger partial charge >= 0.3 is 0 Å². The first kappa shape index (κ1) is 14.4. The van der Waals surface area contributed by atoms with E-state index in [9.17, 15) is 0 Å². The van der Waals surface area contributed by atoms with Crippen molar-refractivity contribution in [1.82, 2.24) is 9.97 Å². The number of hydrogen-bond donors (Lipinski definition) is 2. The summed E-state index contributed by atoms with van der Waals surface area (Å²) in [5, 5.41) is 4.20. The Morgan fingerprint density at radius 2 is 2.12 bits per heavy atom. The molecule has 0 spiro atoms. The van der Waals surface area contributed by atoms with Crippen LogP contribution in [0.1, 0.15) is 27.2 Å². The molecular formula is C11H19ClN4S. The molecule has 0 aliphatic heterocycles. The number of rotatable bonds is 6. The Bertz CT molecular complexity index is 371. The van der Waals surface area contributed by atoms with Crippen molar-refractivity contribution in [2.24, 2.45) is 5.92 Å². The summed E-state index contributed by atoms with van der Waals surface area (Å²) in [7, 11) is 0. The zero-order chi connectivity index (χ0) is 12.8. The fourth-order valence-corrected chi connectivity index (χ4v) is 2.03. The number of nitrogens with zero attached hydrogens (tertiary/aromatic N) is 2. The van der Waals surface area contributed by atoms with Crippen LogP contribution in [0.15, 0.2) is 5.16 Å². The Labute approximate surface area is 112 Å². The van der Waals surface area contributed by atoms with Gasteiger partial charge in [-0.3, -0.25) is 0 Å². The van der Waals surface area contributed by atoms with Crippen molar-refractivity contribution < 1.29 is 0 Å². The van der Waals surface area contributed by atoms with Gasteiger partial charge in [-0.25, -0.2) is 9.97 Å². The zero-order valence-electron chi connectivity index (χ0n) is 10.5. The Kier molecular flexibility index (Phi) is 5.85. The third-order valence-corrected chi connectivity index (χ3v) is 3.33. The van der Waals surface area contributed by atoms with Gasteiger partial charge in [-0.15, -0.1) is 0 Å². The van der Waals surface area contributed by atoms with Gasteiger partial charge in [0.25, 0.3) is 0 Å². The van der Waals surface area contributed by atoms with Crippen molar-refractivity contribution in [3.63, 3.8) is 0 Å². The van der Waals surface area contributed by atoms with Crippen molar-refractivity contribution in [2.45, 2.75) is 32.3 Å². The smallest absolute Gasteiger partial charge is 0.191 e. The topological polar surface area (TPSA) is 63.8 Å². The molecule has 0 aromatic carbocycles. The molecule has 1 aromatic rings. The molecule has 1 aromatic heterocycles. The Balaban J connectivity index is 2.82. The van der Waals surface area contributed by atoms with Crippen LogP contribution < -0.4 is 11.1 Å². The molecule has 1 heterocycles. The molecule has 6 heteroatoms. The average Bonchev–Trinajstić information content (AvgIpc) is 2.28. The third kappa shape index (κ3) is 4.60. The van der Waals surface area contributed by atoms with E-state index in [0.29, 0.717) is 27.7 Å². The molecule has 0 saturated carbocycles. The highest BCUT2D eigenvalue weighted by molar-refractivity contribution is 7.99. The fourth-order valence-electron chi connectivity index (χ4n) is 1.12. The van der Waals surface area contributed by atoms with Gasteiger partial charge in [-0.05, 0) is 12.3 Å².